The summed E-state index contributed by atoms with van der Waals surface area (Å²) in [5.41, 5.74) is 0.318. The zero-order valence-electron chi connectivity index (χ0n) is 11.3. The number of aromatic nitrogens is 1. The summed E-state index contributed by atoms with van der Waals surface area (Å²) in [5, 5.41) is 11.5. The van der Waals surface area contributed by atoms with Gasteiger partial charge in [-0.25, -0.2) is 4.57 Å². The molecule has 1 aromatic rings. The summed E-state index contributed by atoms with van der Waals surface area (Å²) in [4.78, 5) is 24.6. The first kappa shape index (κ1) is 15.0. The van der Waals surface area contributed by atoms with E-state index in [9.17, 15) is 14.9 Å². The van der Waals surface area contributed by atoms with Gasteiger partial charge in [-0.2, -0.15) is 0 Å². The molecule has 2 rings (SSSR count). The predicted octanol–water partition coefficient (Wildman–Crippen LogP) is 1.56. The second-order valence-corrected chi connectivity index (χ2v) is 5.46. The van der Waals surface area contributed by atoms with Crippen molar-refractivity contribution in [2.75, 3.05) is 18.5 Å². The van der Waals surface area contributed by atoms with Gasteiger partial charge in [-0.05, 0) is 17.9 Å². The predicted molar refractivity (Wildman–Crippen MR) is 76.1 cm³/mol. The van der Waals surface area contributed by atoms with Gasteiger partial charge >= 0.3 is 5.82 Å². The zero-order chi connectivity index (χ0) is 14.9. The zero-order valence-corrected chi connectivity index (χ0v) is 12.9. The lowest BCUT2D eigenvalue weighted by Gasteiger charge is -2.37. The number of amides is 1. The maximum absolute atomic E-state index is 12.5. The Labute approximate surface area is 124 Å². The number of hydrogen-bond donors (Lipinski definition) is 0. The first-order valence-electron chi connectivity index (χ1n) is 6.24. The highest BCUT2D eigenvalue weighted by Gasteiger charge is 2.33. The van der Waals surface area contributed by atoms with E-state index in [2.05, 4.69) is 15.9 Å². The SMILES string of the molecule is CC1COC(CBr)CN1C(=O)c1ccc([N+](=O)[O-])n1C. The molecule has 8 heteroatoms. The maximum atomic E-state index is 12.5. The Morgan fingerprint density at radius 2 is 2.30 bits per heavy atom. The number of nitro groups is 1. The summed E-state index contributed by atoms with van der Waals surface area (Å²) in [6.07, 6.45) is -0.0506. The molecule has 7 nitrogen and oxygen atoms in total. The molecule has 0 aliphatic carbocycles. The molecule has 1 fully saturated rings. The number of nitrogens with zero attached hydrogens (tertiary/aromatic N) is 3. The summed E-state index contributed by atoms with van der Waals surface area (Å²) in [6.45, 7) is 2.85. The van der Waals surface area contributed by atoms with Crippen LogP contribution < -0.4 is 0 Å². The van der Waals surface area contributed by atoms with Crippen molar-refractivity contribution in [1.29, 1.82) is 0 Å². The highest BCUT2D eigenvalue weighted by Crippen LogP contribution is 2.20. The van der Waals surface area contributed by atoms with E-state index in [1.807, 2.05) is 6.92 Å². The van der Waals surface area contributed by atoms with Crippen LogP contribution in [0.4, 0.5) is 5.82 Å². The second-order valence-electron chi connectivity index (χ2n) is 4.81. The van der Waals surface area contributed by atoms with E-state index in [1.165, 1.54) is 23.7 Å². The number of ether oxygens (including phenoxy) is 1. The van der Waals surface area contributed by atoms with Crippen LogP contribution in [0.2, 0.25) is 0 Å². The van der Waals surface area contributed by atoms with Crippen LogP contribution in [0.15, 0.2) is 12.1 Å². The molecule has 0 radical (unpaired) electrons. The fourth-order valence-electron chi connectivity index (χ4n) is 2.24. The van der Waals surface area contributed by atoms with Crippen molar-refractivity contribution in [2.45, 2.75) is 19.1 Å². The largest absolute Gasteiger partial charge is 0.373 e. The minimum absolute atomic E-state index is 0.0493. The molecule has 0 bridgehead atoms. The normalized spacial score (nSPS) is 22.9. The first-order valence-corrected chi connectivity index (χ1v) is 7.36. The number of rotatable bonds is 3. The highest BCUT2D eigenvalue weighted by molar-refractivity contribution is 9.09. The fourth-order valence-corrected chi connectivity index (χ4v) is 2.63. The van der Waals surface area contributed by atoms with Gasteiger partial charge in [0.05, 0.1) is 25.8 Å². The van der Waals surface area contributed by atoms with Crippen molar-refractivity contribution in [3.63, 3.8) is 0 Å². The van der Waals surface area contributed by atoms with E-state index in [1.54, 1.807) is 4.90 Å². The van der Waals surface area contributed by atoms with Crippen LogP contribution in [0, 0.1) is 10.1 Å². The van der Waals surface area contributed by atoms with E-state index in [4.69, 9.17) is 4.74 Å². The molecule has 1 aliphatic rings. The van der Waals surface area contributed by atoms with E-state index >= 15 is 0 Å². The van der Waals surface area contributed by atoms with Gasteiger partial charge in [-0.3, -0.25) is 4.79 Å². The lowest BCUT2D eigenvalue weighted by atomic mass is 10.2. The van der Waals surface area contributed by atoms with Crippen LogP contribution >= 0.6 is 15.9 Å². The monoisotopic (exact) mass is 345 g/mol. The molecular weight excluding hydrogens is 330 g/mol. The third kappa shape index (κ3) is 2.71. The van der Waals surface area contributed by atoms with Crippen molar-refractivity contribution in [3.8, 4) is 0 Å². The van der Waals surface area contributed by atoms with Crippen molar-refractivity contribution in [3.05, 3.63) is 27.9 Å². The number of carbonyl (C=O) groups excluding carboxylic acids is 1. The summed E-state index contributed by atoms with van der Waals surface area (Å²) in [6, 6.07) is 2.79. The number of carbonyl (C=O) groups is 1. The highest BCUT2D eigenvalue weighted by atomic mass is 79.9. The number of halogens is 1. The van der Waals surface area contributed by atoms with Crippen LogP contribution in [0.5, 0.6) is 0 Å². The van der Waals surface area contributed by atoms with Gasteiger partial charge in [0.1, 0.15) is 0 Å². The third-order valence-corrected chi connectivity index (χ3v) is 4.16. The molecule has 2 unspecified atom stereocenters. The molecule has 0 spiro atoms. The second kappa shape index (κ2) is 5.92. The van der Waals surface area contributed by atoms with Gasteiger partial charge in [0.15, 0.2) is 5.69 Å². The Morgan fingerprint density at radius 1 is 1.60 bits per heavy atom. The minimum Gasteiger partial charge on any atom is -0.373 e. The van der Waals surface area contributed by atoms with Gasteiger partial charge in [0.25, 0.3) is 5.91 Å². The van der Waals surface area contributed by atoms with Crippen molar-refractivity contribution >= 4 is 27.7 Å². The van der Waals surface area contributed by atoms with Gasteiger partial charge < -0.3 is 19.8 Å². The molecule has 0 saturated carbocycles. The van der Waals surface area contributed by atoms with E-state index in [-0.39, 0.29) is 23.9 Å². The van der Waals surface area contributed by atoms with Crippen LogP contribution in [-0.2, 0) is 11.8 Å². The van der Waals surface area contributed by atoms with Crippen molar-refractivity contribution in [1.82, 2.24) is 9.47 Å². The lowest BCUT2D eigenvalue weighted by Crippen LogP contribution is -2.51. The summed E-state index contributed by atoms with van der Waals surface area (Å²) in [5.74, 6) is -0.298. The quantitative estimate of drug-likeness (QED) is 0.473. The summed E-state index contributed by atoms with van der Waals surface area (Å²) in [7, 11) is 1.53. The molecule has 1 amide bonds. The first-order chi connectivity index (χ1) is 9.45. The molecule has 1 saturated heterocycles. The molecule has 2 heterocycles. The molecule has 1 aliphatic heterocycles. The summed E-state index contributed by atoms with van der Waals surface area (Å²) < 4.78 is 6.89. The smallest absolute Gasteiger partial charge is 0.323 e. The molecule has 110 valence electrons. The van der Waals surface area contributed by atoms with Crippen LogP contribution in [0.1, 0.15) is 17.4 Å². The van der Waals surface area contributed by atoms with Gasteiger partial charge in [-0.1, -0.05) is 15.9 Å². The number of morpholine rings is 1. The van der Waals surface area contributed by atoms with Gasteiger partial charge in [0, 0.05) is 17.9 Å². The average molecular weight is 346 g/mol. The Kier molecular flexibility index (Phi) is 4.44. The minimum atomic E-state index is -0.499. The molecule has 1 aromatic heterocycles. The average Bonchev–Trinajstić information content (AvgIpc) is 2.80. The van der Waals surface area contributed by atoms with Crippen LogP contribution in [0.3, 0.4) is 0 Å². The van der Waals surface area contributed by atoms with Crippen molar-refractivity contribution in [2.24, 2.45) is 7.05 Å². The van der Waals surface area contributed by atoms with E-state index < -0.39 is 4.92 Å². The topological polar surface area (TPSA) is 77.6 Å². The molecule has 0 N–H and O–H groups in total. The Morgan fingerprint density at radius 3 is 2.85 bits per heavy atom. The Bertz CT molecular complexity index is 531. The molecular formula is C12H16BrN3O4. The summed E-state index contributed by atoms with van der Waals surface area (Å²) >= 11 is 3.34. The van der Waals surface area contributed by atoms with Gasteiger partial charge in [0.2, 0.25) is 0 Å². The molecule has 20 heavy (non-hydrogen) atoms. The van der Waals surface area contributed by atoms with Crippen LogP contribution in [0.25, 0.3) is 0 Å². The van der Waals surface area contributed by atoms with Gasteiger partial charge in [-0.15, -0.1) is 0 Å². The van der Waals surface area contributed by atoms with Crippen molar-refractivity contribution < 1.29 is 14.5 Å². The fraction of sp³-hybridized carbons (Fsp3) is 0.583. The Balaban J connectivity index is 2.24. The molecule has 0 aromatic carbocycles. The number of hydrogen-bond acceptors (Lipinski definition) is 4. The van der Waals surface area contributed by atoms with E-state index in [0.717, 1.165) is 0 Å². The third-order valence-electron chi connectivity index (χ3n) is 3.44. The standard InChI is InChI=1S/C12H16BrN3O4/c1-8-7-20-9(5-13)6-15(8)12(17)10-3-4-11(14(10)2)16(18)19/h3-4,8-9H,5-7H2,1-2H3. The lowest BCUT2D eigenvalue weighted by molar-refractivity contribution is -0.391. The van der Waals surface area contributed by atoms with E-state index in [0.29, 0.717) is 24.2 Å². The maximum Gasteiger partial charge on any atom is 0.323 e. The molecule has 2 atom stereocenters. The Hall–Kier alpha value is -1.41. The number of alkyl halides is 1. The van der Waals surface area contributed by atoms with Crippen LogP contribution in [-0.4, -0.2) is 50.9 Å².